The Hall–Kier alpha value is -4.29. The summed E-state index contributed by atoms with van der Waals surface area (Å²) in [6.07, 6.45) is 3.38. The number of piperidine rings is 1. The molecule has 3 aromatic carbocycles. The van der Waals surface area contributed by atoms with Crippen molar-refractivity contribution in [2.24, 2.45) is 0 Å². The topological polar surface area (TPSA) is 82.5 Å². The molecule has 0 radical (unpaired) electrons. The number of likely N-dealkylation sites (tertiary alicyclic amines) is 1. The zero-order valence-electron chi connectivity index (χ0n) is 20.5. The van der Waals surface area contributed by atoms with Gasteiger partial charge in [-0.05, 0) is 59.9 Å². The van der Waals surface area contributed by atoms with Crippen molar-refractivity contribution in [2.45, 2.75) is 30.8 Å². The van der Waals surface area contributed by atoms with Crippen molar-refractivity contribution in [3.05, 3.63) is 115 Å². The number of benzene rings is 3. The quantitative estimate of drug-likeness (QED) is 0.309. The van der Waals surface area contributed by atoms with Gasteiger partial charge in [0.05, 0.1) is 11.1 Å². The van der Waals surface area contributed by atoms with E-state index in [1.54, 1.807) is 6.20 Å². The van der Waals surface area contributed by atoms with Crippen molar-refractivity contribution in [1.82, 2.24) is 9.88 Å². The van der Waals surface area contributed by atoms with E-state index in [1.807, 2.05) is 77.7 Å². The fourth-order valence-electron chi connectivity index (χ4n) is 5.18. The molecule has 0 amide bonds. The van der Waals surface area contributed by atoms with Gasteiger partial charge in [-0.2, -0.15) is 0 Å². The van der Waals surface area contributed by atoms with Crippen LogP contribution in [0, 0.1) is 0 Å². The Kier molecular flexibility index (Phi) is 7.10. The highest BCUT2D eigenvalue weighted by molar-refractivity contribution is 5.80. The zero-order chi connectivity index (χ0) is 25.7. The predicted octanol–water partition coefficient (Wildman–Crippen LogP) is 5.68. The van der Waals surface area contributed by atoms with Crippen molar-refractivity contribution in [3.63, 3.8) is 0 Å². The average Bonchev–Trinajstić information content (AvgIpc) is 2.95. The first-order chi connectivity index (χ1) is 18.1. The van der Waals surface area contributed by atoms with Gasteiger partial charge in [0.15, 0.2) is 0 Å². The highest BCUT2D eigenvalue weighted by atomic mass is 16.4. The Balaban J connectivity index is 1.40. The number of anilines is 2. The number of hydrogen-bond donors (Lipinski definition) is 2. The molecule has 1 saturated heterocycles. The molecule has 0 bridgehead atoms. The van der Waals surface area contributed by atoms with Gasteiger partial charge in [-0.3, -0.25) is 14.7 Å². The zero-order valence-corrected chi connectivity index (χ0v) is 20.5. The van der Waals surface area contributed by atoms with Crippen molar-refractivity contribution in [3.8, 4) is 11.1 Å². The van der Waals surface area contributed by atoms with Crippen LogP contribution in [0.5, 0.6) is 0 Å². The lowest BCUT2D eigenvalue weighted by Gasteiger charge is -2.43. The van der Waals surface area contributed by atoms with Crippen LogP contribution in [0.2, 0.25) is 0 Å². The van der Waals surface area contributed by atoms with Gasteiger partial charge < -0.3 is 15.2 Å². The van der Waals surface area contributed by atoms with Crippen LogP contribution in [0.4, 0.5) is 11.4 Å². The van der Waals surface area contributed by atoms with E-state index in [0.717, 1.165) is 40.0 Å². The monoisotopic (exact) mass is 491 g/mol. The van der Waals surface area contributed by atoms with Crippen molar-refractivity contribution >= 4 is 23.6 Å². The number of rotatable bonds is 8. The van der Waals surface area contributed by atoms with Gasteiger partial charge in [0.1, 0.15) is 12.3 Å². The summed E-state index contributed by atoms with van der Waals surface area (Å²) >= 11 is 0. The Morgan fingerprint density at radius 2 is 1.65 bits per heavy atom. The Labute approximate surface area is 216 Å². The lowest BCUT2D eigenvalue weighted by atomic mass is 9.70. The largest absolute Gasteiger partial charge is 0.480 e. The number of pyridine rings is 1. The molecule has 0 saturated carbocycles. The molecule has 0 aliphatic carbocycles. The molecule has 6 nitrogen and oxygen atoms in total. The first-order valence-corrected chi connectivity index (χ1v) is 12.4. The van der Waals surface area contributed by atoms with E-state index in [4.69, 9.17) is 0 Å². The number of aldehydes is 1. The number of nitrogens with zero attached hydrogens (tertiary/aromatic N) is 2. The van der Waals surface area contributed by atoms with E-state index in [9.17, 15) is 14.7 Å². The Morgan fingerprint density at radius 3 is 2.35 bits per heavy atom. The number of carbonyl (C=O) groups excluding carboxylic acids is 1. The molecular formula is C31H29N3O3. The van der Waals surface area contributed by atoms with E-state index in [-0.39, 0.29) is 6.42 Å². The maximum Gasteiger partial charge on any atom is 0.320 e. The van der Waals surface area contributed by atoms with E-state index in [0.29, 0.717) is 19.5 Å². The lowest BCUT2D eigenvalue weighted by molar-refractivity contribution is -0.146. The molecule has 2 N–H and O–H groups in total. The second-order valence-corrected chi connectivity index (χ2v) is 9.49. The Bertz CT molecular complexity index is 1360. The lowest BCUT2D eigenvalue weighted by Crippen LogP contribution is -2.52. The second kappa shape index (κ2) is 10.8. The molecule has 186 valence electrons. The van der Waals surface area contributed by atoms with Crippen LogP contribution in [0.3, 0.4) is 0 Å². The third-order valence-electron chi connectivity index (χ3n) is 7.18. The van der Waals surface area contributed by atoms with Gasteiger partial charge in [-0.15, -0.1) is 0 Å². The number of carbonyl (C=O) groups is 2. The van der Waals surface area contributed by atoms with Gasteiger partial charge in [0, 0.05) is 30.7 Å². The highest BCUT2D eigenvalue weighted by Gasteiger charge is 2.45. The molecule has 1 aliphatic rings. The van der Waals surface area contributed by atoms with E-state index >= 15 is 0 Å². The molecule has 4 aromatic rings. The normalized spacial score (nSPS) is 19.7. The van der Waals surface area contributed by atoms with Crippen LogP contribution in [0.1, 0.15) is 24.1 Å². The molecular weight excluding hydrogens is 462 g/mol. The minimum atomic E-state index is -0.927. The molecule has 1 aromatic heterocycles. The minimum absolute atomic E-state index is 0.199. The number of aromatic nitrogens is 1. The van der Waals surface area contributed by atoms with Crippen molar-refractivity contribution in [2.75, 3.05) is 11.9 Å². The summed E-state index contributed by atoms with van der Waals surface area (Å²) in [6, 6.07) is 30.9. The summed E-state index contributed by atoms with van der Waals surface area (Å²) in [5, 5.41) is 13.6. The van der Waals surface area contributed by atoms with Crippen LogP contribution in [-0.2, 0) is 21.5 Å². The van der Waals surface area contributed by atoms with Gasteiger partial charge in [0.2, 0.25) is 0 Å². The molecule has 5 rings (SSSR count). The molecule has 2 heterocycles. The first kappa shape index (κ1) is 24.4. The maximum atomic E-state index is 12.7. The van der Waals surface area contributed by atoms with Crippen molar-refractivity contribution < 1.29 is 14.7 Å². The van der Waals surface area contributed by atoms with Crippen LogP contribution in [0.25, 0.3) is 11.1 Å². The standard InChI is InChI=1S/C31H29N3O3/c35-22-31(17-19-34(29(20-31)30(36)37)21-26-10-6-7-18-32-26)27-11-4-5-12-28(27)33-25-15-13-24(14-16-25)23-8-2-1-3-9-23/h1-16,18,22,29,33H,17,19-21H2,(H,36,37). The fourth-order valence-corrected chi connectivity index (χ4v) is 5.18. The van der Waals surface area contributed by atoms with Gasteiger partial charge >= 0.3 is 5.97 Å². The average molecular weight is 492 g/mol. The van der Waals surface area contributed by atoms with Crippen LogP contribution >= 0.6 is 0 Å². The van der Waals surface area contributed by atoms with Gasteiger partial charge in [-0.1, -0.05) is 66.7 Å². The van der Waals surface area contributed by atoms with Crippen LogP contribution in [-0.4, -0.2) is 39.8 Å². The smallest absolute Gasteiger partial charge is 0.320 e. The number of hydrogen-bond acceptors (Lipinski definition) is 5. The fraction of sp³-hybridized carbons (Fsp3) is 0.194. The third-order valence-corrected chi connectivity index (χ3v) is 7.18. The molecule has 6 heteroatoms. The molecule has 1 aliphatic heterocycles. The Morgan fingerprint density at radius 1 is 0.946 bits per heavy atom. The summed E-state index contributed by atoms with van der Waals surface area (Å²) in [6.45, 7) is 0.910. The summed E-state index contributed by atoms with van der Waals surface area (Å²) in [5.41, 5.74) is 4.70. The predicted molar refractivity (Wildman–Crippen MR) is 145 cm³/mol. The van der Waals surface area contributed by atoms with E-state index in [1.165, 1.54) is 0 Å². The van der Waals surface area contributed by atoms with E-state index in [2.05, 4.69) is 34.6 Å². The minimum Gasteiger partial charge on any atom is -0.480 e. The number of para-hydroxylation sites is 1. The summed E-state index contributed by atoms with van der Waals surface area (Å²) < 4.78 is 0. The molecule has 2 atom stereocenters. The number of carboxylic acid groups (broad SMARTS) is 1. The first-order valence-electron chi connectivity index (χ1n) is 12.4. The SMILES string of the molecule is O=CC1(c2ccccc2Nc2ccc(-c3ccccc3)cc2)CCN(Cc2ccccn2)C(C(=O)O)C1. The van der Waals surface area contributed by atoms with Gasteiger partial charge in [-0.25, -0.2) is 0 Å². The highest BCUT2D eigenvalue weighted by Crippen LogP contribution is 2.41. The molecule has 0 spiro atoms. The molecule has 1 fully saturated rings. The second-order valence-electron chi connectivity index (χ2n) is 9.49. The van der Waals surface area contributed by atoms with Crippen molar-refractivity contribution in [1.29, 1.82) is 0 Å². The number of carboxylic acids is 1. The maximum absolute atomic E-state index is 12.7. The summed E-state index contributed by atoms with van der Waals surface area (Å²) in [7, 11) is 0. The summed E-state index contributed by atoms with van der Waals surface area (Å²) in [5.74, 6) is -0.927. The van der Waals surface area contributed by atoms with Crippen LogP contribution in [0.15, 0.2) is 103 Å². The summed E-state index contributed by atoms with van der Waals surface area (Å²) in [4.78, 5) is 31.3. The molecule has 37 heavy (non-hydrogen) atoms. The number of nitrogens with one attached hydrogen (secondary N) is 1. The van der Waals surface area contributed by atoms with Gasteiger partial charge in [0.25, 0.3) is 0 Å². The van der Waals surface area contributed by atoms with E-state index < -0.39 is 17.4 Å². The third kappa shape index (κ3) is 5.29. The number of aliphatic carboxylic acids is 1. The molecule has 2 unspecified atom stereocenters. The van der Waals surface area contributed by atoms with Crippen LogP contribution < -0.4 is 5.32 Å².